The molecule has 0 aliphatic rings. The molecule has 2 N–H and O–H groups in total. The van der Waals surface area contributed by atoms with Crippen molar-refractivity contribution in [2.24, 2.45) is 0 Å². The highest BCUT2D eigenvalue weighted by Crippen LogP contribution is 2.29. The minimum atomic E-state index is 0.646. The summed E-state index contributed by atoms with van der Waals surface area (Å²) < 4.78 is 2.59. The van der Waals surface area contributed by atoms with Gasteiger partial charge in [0, 0.05) is 15.7 Å². The Morgan fingerprint density at radius 2 is 1.85 bits per heavy atom. The van der Waals surface area contributed by atoms with E-state index < -0.39 is 0 Å². The van der Waals surface area contributed by atoms with Crippen molar-refractivity contribution in [1.29, 1.82) is 0 Å². The smallest absolute Gasteiger partial charge is 0.188 e. The standard InChI is InChI=1S/C14H12BrN5/c1-9-2-5-11(6-3-9)20-14(17-18-19-20)12-8-10(16)4-7-13(12)15/h2-8H,16H2,1H3. The van der Waals surface area contributed by atoms with Gasteiger partial charge in [-0.1, -0.05) is 33.6 Å². The number of tetrazole rings is 1. The maximum Gasteiger partial charge on any atom is 0.188 e. The van der Waals surface area contributed by atoms with Gasteiger partial charge in [-0.2, -0.15) is 4.68 Å². The number of aromatic nitrogens is 4. The van der Waals surface area contributed by atoms with Crippen LogP contribution in [0.1, 0.15) is 5.56 Å². The first-order chi connectivity index (χ1) is 9.65. The number of hydrogen-bond acceptors (Lipinski definition) is 4. The number of hydrogen-bond donors (Lipinski definition) is 1. The van der Waals surface area contributed by atoms with Crippen LogP contribution in [0.4, 0.5) is 5.69 Å². The van der Waals surface area contributed by atoms with Gasteiger partial charge in [0.05, 0.1) is 5.69 Å². The molecule has 0 aliphatic heterocycles. The van der Waals surface area contributed by atoms with Crippen molar-refractivity contribution in [2.45, 2.75) is 6.92 Å². The summed E-state index contributed by atoms with van der Waals surface area (Å²) in [4.78, 5) is 0. The third kappa shape index (κ3) is 2.30. The van der Waals surface area contributed by atoms with E-state index >= 15 is 0 Å². The molecule has 5 nitrogen and oxygen atoms in total. The van der Waals surface area contributed by atoms with Crippen molar-refractivity contribution in [3.63, 3.8) is 0 Å². The zero-order valence-corrected chi connectivity index (χ0v) is 12.4. The molecule has 0 amide bonds. The Morgan fingerprint density at radius 3 is 2.60 bits per heavy atom. The molecule has 0 saturated heterocycles. The maximum atomic E-state index is 5.84. The Hall–Kier alpha value is -2.21. The van der Waals surface area contributed by atoms with Gasteiger partial charge in [0.15, 0.2) is 5.82 Å². The second-order valence-electron chi connectivity index (χ2n) is 4.49. The Bertz CT molecular complexity index is 749. The van der Waals surface area contributed by atoms with Crippen LogP contribution in [0, 0.1) is 6.92 Å². The van der Waals surface area contributed by atoms with Crippen molar-refractivity contribution in [3.8, 4) is 17.1 Å². The summed E-state index contributed by atoms with van der Waals surface area (Å²) in [6.45, 7) is 2.04. The van der Waals surface area contributed by atoms with E-state index in [-0.39, 0.29) is 0 Å². The highest BCUT2D eigenvalue weighted by atomic mass is 79.9. The average Bonchev–Trinajstić information content (AvgIpc) is 2.91. The van der Waals surface area contributed by atoms with Crippen LogP contribution in [0.25, 0.3) is 17.1 Å². The monoisotopic (exact) mass is 329 g/mol. The average molecular weight is 330 g/mol. The zero-order chi connectivity index (χ0) is 14.1. The molecule has 0 unspecified atom stereocenters. The van der Waals surface area contributed by atoms with Crippen molar-refractivity contribution in [3.05, 3.63) is 52.5 Å². The van der Waals surface area contributed by atoms with Gasteiger partial charge in [0.1, 0.15) is 0 Å². The Labute approximate surface area is 124 Å². The number of rotatable bonds is 2. The first-order valence-electron chi connectivity index (χ1n) is 6.06. The molecule has 0 saturated carbocycles. The number of nitrogens with two attached hydrogens (primary N) is 1. The van der Waals surface area contributed by atoms with Crippen molar-refractivity contribution in [1.82, 2.24) is 20.2 Å². The molecule has 0 fully saturated rings. The molecule has 2 aromatic carbocycles. The van der Waals surface area contributed by atoms with Crippen LogP contribution in [-0.2, 0) is 0 Å². The molecule has 20 heavy (non-hydrogen) atoms. The molecule has 1 heterocycles. The summed E-state index contributed by atoms with van der Waals surface area (Å²) in [5.41, 5.74) is 9.46. The molecular weight excluding hydrogens is 318 g/mol. The van der Waals surface area contributed by atoms with Gasteiger partial charge in [-0.05, 0) is 47.7 Å². The van der Waals surface area contributed by atoms with Gasteiger partial charge < -0.3 is 5.73 Å². The van der Waals surface area contributed by atoms with E-state index in [0.717, 1.165) is 15.7 Å². The fourth-order valence-electron chi connectivity index (χ4n) is 1.93. The number of benzene rings is 2. The van der Waals surface area contributed by atoms with Crippen LogP contribution >= 0.6 is 15.9 Å². The van der Waals surface area contributed by atoms with Crippen molar-refractivity contribution >= 4 is 21.6 Å². The third-order valence-electron chi connectivity index (χ3n) is 2.98. The summed E-state index contributed by atoms with van der Waals surface area (Å²) in [6, 6.07) is 13.6. The van der Waals surface area contributed by atoms with Gasteiger partial charge in [-0.3, -0.25) is 0 Å². The van der Waals surface area contributed by atoms with Gasteiger partial charge in [0.25, 0.3) is 0 Å². The van der Waals surface area contributed by atoms with Crippen LogP contribution in [-0.4, -0.2) is 20.2 Å². The van der Waals surface area contributed by atoms with Crippen LogP contribution in [0.15, 0.2) is 46.9 Å². The van der Waals surface area contributed by atoms with Gasteiger partial charge in [0.2, 0.25) is 0 Å². The number of aryl methyl sites for hydroxylation is 1. The molecule has 6 heteroatoms. The van der Waals surface area contributed by atoms with E-state index in [4.69, 9.17) is 5.73 Å². The van der Waals surface area contributed by atoms with Gasteiger partial charge in [-0.15, -0.1) is 5.10 Å². The Kier molecular flexibility index (Phi) is 3.23. The largest absolute Gasteiger partial charge is 0.399 e. The lowest BCUT2D eigenvalue weighted by Gasteiger charge is -2.07. The molecule has 0 bridgehead atoms. The van der Waals surface area contributed by atoms with E-state index in [1.54, 1.807) is 4.68 Å². The number of nitrogen functional groups attached to an aromatic ring is 1. The number of halogens is 1. The first-order valence-corrected chi connectivity index (χ1v) is 6.85. The quantitative estimate of drug-likeness (QED) is 0.734. The van der Waals surface area contributed by atoms with Crippen LogP contribution in [0.2, 0.25) is 0 Å². The fraction of sp³-hybridized carbons (Fsp3) is 0.0714. The normalized spacial score (nSPS) is 10.7. The van der Waals surface area contributed by atoms with Crippen molar-refractivity contribution < 1.29 is 0 Å². The minimum Gasteiger partial charge on any atom is -0.399 e. The first kappa shape index (κ1) is 12.8. The lowest BCUT2D eigenvalue weighted by atomic mass is 10.2. The Morgan fingerprint density at radius 1 is 1.10 bits per heavy atom. The van der Waals surface area contributed by atoms with E-state index in [2.05, 4.69) is 31.5 Å². The molecule has 3 rings (SSSR count). The Balaban J connectivity index is 2.15. The highest BCUT2D eigenvalue weighted by molar-refractivity contribution is 9.10. The van der Waals surface area contributed by atoms with E-state index in [1.807, 2.05) is 49.4 Å². The zero-order valence-electron chi connectivity index (χ0n) is 10.8. The highest BCUT2D eigenvalue weighted by Gasteiger charge is 2.13. The molecule has 0 spiro atoms. The number of nitrogens with zero attached hydrogens (tertiary/aromatic N) is 4. The lowest BCUT2D eigenvalue weighted by Crippen LogP contribution is -2.00. The predicted octanol–water partition coefficient (Wildman–Crippen LogP) is 2.98. The molecule has 0 aliphatic carbocycles. The van der Waals surface area contributed by atoms with Crippen LogP contribution in [0.3, 0.4) is 0 Å². The topological polar surface area (TPSA) is 69.6 Å². The molecule has 0 radical (unpaired) electrons. The van der Waals surface area contributed by atoms with Crippen molar-refractivity contribution in [2.75, 3.05) is 5.73 Å². The third-order valence-corrected chi connectivity index (χ3v) is 3.67. The van der Waals surface area contributed by atoms with Crippen LogP contribution < -0.4 is 5.73 Å². The van der Waals surface area contributed by atoms with E-state index in [1.165, 1.54) is 5.56 Å². The second kappa shape index (κ2) is 5.05. The number of anilines is 1. The maximum absolute atomic E-state index is 5.84. The molecule has 100 valence electrons. The summed E-state index contributed by atoms with van der Waals surface area (Å²) in [5.74, 6) is 0.646. The van der Waals surface area contributed by atoms with Gasteiger partial charge >= 0.3 is 0 Å². The van der Waals surface area contributed by atoms with E-state index in [0.29, 0.717) is 11.5 Å². The van der Waals surface area contributed by atoms with E-state index in [9.17, 15) is 0 Å². The SMILES string of the molecule is Cc1ccc(-n2nnnc2-c2cc(N)ccc2Br)cc1. The lowest BCUT2D eigenvalue weighted by molar-refractivity contribution is 0.791. The summed E-state index contributed by atoms with van der Waals surface area (Å²) in [6.07, 6.45) is 0. The molecular formula is C14H12BrN5. The minimum absolute atomic E-state index is 0.646. The summed E-state index contributed by atoms with van der Waals surface area (Å²) in [5, 5.41) is 11.9. The van der Waals surface area contributed by atoms with Crippen LogP contribution in [0.5, 0.6) is 0 Å². The predicted molar refractivity (Wildman–Crippen MR) is 81.4 cm³/mol. The van der Waals surface area contributed by atoms with Gasteiger partial charge in [-0.25, -0.2) is 0 Å². The molecule has 1 aromatic heterocycles. The fourth-order valence-corrected chi connectivity index (χ4v) is 2.35. The second-order valence-corrected chi connectivity index (χ2v) is 5.34. The molecule has 3 aromatic rings. The molecule has 0 atom stereocenters. The summed E-state index contributed by atoms with van der Waals surface area (Å²) in [7, 11) is 0. The summed E-state index contributed by atoms with van der Waals surface area (Å²) >= 11 is 3.51.